The van der Waals surface area contributed by atoms with Gasteiger partial charge in [-0.25, -0.2) is 9.78 Å². The van der Waals surface area contributed by atoms with E-state index in [0.29, 0.717) is 44.2 Å². The molecule has 6 nitrogen and oxygen atoms in total. The molecule has 1 N–H and O–H groups in total. The van der Waals surface area contributed by atoms with Gasteiger partial charge in [0.15, 0.2) is 18.7 Å². The number of carbonyl (C=O) groups is 1. The Labute approximate surface area is 218 Å². The summed E-state index contributed by atoms with van der Waals surface area (Å²) >= 11 is 9.55. The van der Waals surface area contributed by atoms with E-state index in [4.69, 9.17) is 20.8 Å². The Morgan fingerprint density at radius 2 is 1.62 bits per heavy atom. The van der Waals surface area contributed by atoms with Crippen LogP contribution in [0.1, 0.15) is 89.3 Å². The van der Waals surface area contributed by atoms with Crippen LogP contribution >= 0.6 is 27.5 Å². The number of rotatable bonds is 11. The zero-order valence-corrected chi connectivity index (χ0v) is 24.8. The average Bonchev–Trinajstić information content (AvgIpc) is 3.10. The van der Waals surface area contributed by atoms with Gasteiger partial charge in [-0.1, -0.05) is 65.3 Å². The Morgan fingerprint density at radius 3 is 2.09 bits per heavy atom. The molecule has 0 bridgehead atoms. The number of ether oxygens (including phenoxy) is 1. The molecule has 0 aliphatic carbocycles. The summed E-state index contributed by atoms with van der Waals surface area (Å²) < 4.78 is 14.3. The molecular formula is C25H38BrClN2O4Si. The van der Waals surface area contributed by atoms with E-state index in [0.717, 1.165) is 0 Å². The lowest BCUT2D eigenvalue weighted by Crippen LogP contribution is -2.48. The number of hydrogen-bond acceptors (Lipinski definition) is 5. The van der Waals surface area contributed by atoms with Crippen LogP contribution in [0, 0.1) is 0 Å². The zero-order chi connectivity index (χ0) is 25.8. The number of aromatic nitrogens is 2. The van der Waals surface area contributed by atoms with Gasteiger partial charge < -0.3 is 18.8 Å². The molecule has 34 heavy (non-hydrogen) atoms. The lowest BCUT2D eigenvalue weighted by atomic mass is 10.0. The van der Waals surface area contributed by atoms with Gasteiger partial charge in [0.2, 0.25) is 0 Å². The van der Waals surface area contributed by atoms with Crippen molar-refractivity contribution in [3.8, 4) is 0 Å². The van der Waals surface area contributed by atoms with Crippen molar-refractivity contribution in [2.75, 3.05) is 13.2 Å². The third kappa shape index (κ3) is 5.95. The van der Waals surface area contributed by atoms with E-state index in [1.54, 1.807) is 31.2 Å². The number of imidazole rings is 1. The Morgan fingerprint density at radius 1 is 1.09 bits per heavy atom. The highest BCUT2D eigenvalue weighted by atomic mass is 79.9. The van der Waals surface area contributed by atoms with Crippen molar-refractivity contribution in [3.05, 3.63) is 51.0 Å². The molecule has 1 heterocycles. The molecule has 2 aromatic rings. The summed E-state index contributed by atoms with van der Waals surface area (Å²) in [7, 11) is -2.10. The molecule has 0 spiro atoms. The number of aliphatic hydroxyl groups is 1. The van der Waals surface area contributed by atoms with Crippen LogP contribution in [0.5, 0.6) is 0 Å². The molecule has 1 aromatic heterocycles. The molecular weight excluding hydrogens is 536 g/mol. The van der Waals surface area contributed by atoms with Crippen LogP contribution in [-0.2, 0) is 9.16 Å². The maximum Gasteiger partial charge on any atom is 0.358 e. The molecule has 0 amide bonds. The first-order valence-corrected chi connectivity index (χ1v) is 15.2. The fourth-order valence-electron chi connectivity index (χ4n) is 5.09. The second-order valence-electron chi connectivity index (χ2n) is 9.64. The van der Waals surface area contributed by atoms with Crippen LogP contribution in [0.4, 0.5) is 0 Å². The Bertz CT molecular complexity index is 941. The first-order chi connectivity index (χ1) is 15.9. The van der Waals surface area contributed by atoms with Gasteiger partial charge in [0.25, 0.3) is 0 Å². The number of aliphatic hydroxyl groups excluding tert-OH is 1. The molecule has 190 valence electrons. The second-order valence-corrected chi connectivity index (χ2v) is 16.2. The third-order valence-electron chi connectivity index (χ3n) is 6.54. The van der Waals surface area contributed by atoms with Crippen LogP contribution in [0.25, 0.3) is 0 Å². The van der Waals surface area contributed by atoms with Crippen molar-refractivity contribution < 1.29 is 19.1 Å². The minimum Gasteiger partial charge on any atom is -0.461 e. The van der Waals surface area contributed by atoms with E-state index >= 15 is 0 Å². The molecule has 0 radical (unpaired) electrons. The molecule has 1 aromatic carbocycles. The highest BCUT2D eigenvalue weighted by molar-refractivity contribution is 9.10. The number of carbonyl (C=O) groups excluding carboxylic acids is 1. The summed E-state index contributed by atoms with van der Waals surface area (Å²) in [5.74, 6) is -0.576. The Balaban J connectivity index is 2.53. The highest BCUT2D eigenvalue weighted by Crippen LogP contribution is 2.43. The average molecular weight is 574 g/mol. The van der Waals surface area contributed by atoms with E-state index < -0.39 is 20.4 Å². The van der Waals surface area contributed by atoms with Crippen molar-refractivity contribution >= 4 is 41.8 Å². The predicted molar refractivity (Wildman–Crippen MR) is 143 cm³/mol. The van der Waals surface area contributed by atoms with E-state index in [1.807, 2.05) is 11.5 Å². The summed E-state index contributed by atoms with van der Waals surface area (Å²) in [5, 5.41) is 11.9. The molecule has 2 rings (SSSR count). The molecule has 2 atom stereocenters. The maximum absolute atomic E-state index is 12.8. The van der Waals surface area contributed by atoms with Crippen molar-refractivity contribution in [3.63, 3.8) is 0 Å². The van der Waals surface area contributed by atoms with Gasteiger partial charge in [0, 0.05) is 5.02 Å². The number of halogens is 2. The van der Waals surface area contributed by atoms with Crippen LogP contribution in [0.2, 0.25) is 21.6 Å². The van der Waals surface area contributed by atoms with Gasteiger partial charge in [-0.15, -0.1) is 0 Å². The first-order valence-electron chi connectivity index (χ1n) is 11.9. The number of nitrogens with zero attached hydrogens (tertiary/aromatic N) is 2. The zero-order valence-electron chi connectivity index (χ0n) is 21.4. The standard InChI is InChI=1S/C25H38BrClN2O4Si/c1-9-32-24(31)21-22(23(30)19-10-12-20(27)13-11-19)29(25(26)28-21)18(8)14-33-34(15(2)3,16(4)5)17(6)7/h10-13,15-18,23,30H,9,14H2,1-8H3/t18-,23?/m1/s1. The maximum atomic E-state index is 12.8. The van der Waals surface area contributed by atoms with Crippen molar-refractivity contribution in [2.24, 2.45) is 0 Å². The van der Waals surface area contributed by atoms with Gasteiger partial charge >= 0.3 is 5.97 Å². The van der Waals surface area contributed by atoms with Crippen LogP contribution in [0.3, 0.4) is 0 Å². The highest BCUT2D eigenvalue weighted by Gasteiger charge is 2.45. The van der Waals surface area contributed by atoms with Crippen molar-refractivity contribution in [2.45, 2.75) is 84.2 Å². The SMILES string of the molecule is CCOC(=O)c1nc(Br)n([C@H](C)CO[Si](C(C)C)(C(C)C)C(C)C)c1C(O)c1ccc(Cl)cc1. The number of benzene rings is 1. The normalized spacial score (nSPS) is 14.2. The molecule has 0 saturated heterocycles. The predicted octanol–water partition coefficient (Wildman–Crippen LogP) is 7.31. The minimum absolute atomic E-state index is 0.0862. The fourth-order valence-corrected chi connectivity index (χ4v) is 11.5. The number of esters is 1. The first kappa shape index (κ1) is 29.0. The molecule has 1 unspecified atom stereocenters. The van der Waals surface area contributed by atoms with Crippen LogP contribution in [-0.4, -0.2) is 42.2 Å². The third-order valence-corrected chi connectivity index (χ3v) is 13.4. The molecule has 0 saturated carbocycles. The fraction of sp³-hybridized carbons (Fsp3) is 0.600. The van der Waals surface area contributed by atoms with E-state index in [9.17, 15) is 9.90 Å². The number of hydrogen-bond donors (Lipinski definition) is 1. The smallest absolute Gasteiger partial charge is 0.358 e. The van der Waals surface area contributed by atoms with Gasteiger partial charge in [0.05, 0.1) is 24.9 Å². The Hall–Kier alpha value is -1.19. The van der Waals surface area contributed by atoms with Crippen LogP contribution < -0.4 is 0 Å². The van der Waals surface area contributed by atoms with Gasteiger partial charge in [-0.2, -0.15) is 0 Å². The van der Waals surface area contributed by atoms with Crippen LogP contribution in [0.15, 0.2) is 29.0 Å². The molecule has 0 aliphatic rings. The summed E-state index contributed by atoms with van der Waals surface area (Å²) in [6.45, 7) is 17.9. The topological polar surface area (TPSA) is 73.6 Å². The quantitative estimate of drug-likeness (QED) is 0.225. The largest absolute Gasteiger partial charge is 0.461 e. The van der Waals surface area contributed by atoms with Crippen molar-refractivity contribution in [1.82, 2.24) is 9.55 Å². The molecule has 0 aliphatic heterocycles. The monoisotopic (exact) mass is 572 g/mol. The summed E-state index contributed by atoms with van der Waals surface area (Å²) in [6.07, 6.45) is -1.10. The second kappa shape index (κ2) is 12.2. The van der Waals surface area contributed by atoms with Gasteiger partial charge in [-0.3, -0.25) is 0 Å². The Kier molecular flexibility index (Phi) is 10.4. The van der Waals surface area contributed by atoms with Gasteiger partial charge in [-0.05, 0) is 64.1 Å². The van der Waals surface area contributed by atoms with E-state index in [-0.39, 0.29) is 18.3 Å². The van der Waals surface area contributed by atoms with Crippen molar-refractivity contribution in [1.29, 1.82) is 0 Å². The lowest BCUT2D eigenvalue weighted by Gasteiger charge is -2.43. The summed E-state index contributed by atoms with van der Waals surface area (Å²) in [4.78, 5) is 17.2. The van der Waals surface area contributed by atoms with E-state index in [2.05, 4.69) is 62.5 Å². The summed E-state index contributed by atoms with van der Waals surface area (Å²) in [6, 6.07) is 6.70. The minimum atomic E-state index is -2.10. The molecule has 9 heteroatoms. The molecule has 0 fully saturated rings. The van der Waals surface area contributed by atoms with Gasteiger partial charge in [0.1, 0.15) is 6.10 Å². The summed E-state index contributed by atoms with van der Waals surface area (Å²) in [5.41, 5.74) is 2.39. The van der Waals surface area contributed by atoms with E-state index in [1.165, 1.54) is 0 Å². The lowest BCUT2D eigenvalue weighted by molar-refractivity contribution is 0.0513.